The number of hydrogen-bond acceptors (Lipinski definition) is 3. The van der Waals surface area contributed by atoms with Crippen LogP contribution >= 0.6 is 0 Å². The van der Waals surface area contributed by atoms with Crippen LogP contribution in [0, 0.1) is 11.6 Å². The van der Waals surface area contributed by atoms with E-state index < -0.39 is 29.3 Å². The van der Waals surface area contributed by atoms with Crippen molar-refractivity contribution in [2.24, 2.45) is 5.73 Å². The standard InChI is InChI=1S/C9H9F2NO3/c10-6-2-1-4(7(11)8(6)13)5(3-12)9(14)15/h1-2,5,13H,3,12H2,(H,14,15). The average molecular weight is 217 g/mol. The zero-order valence-electron chi connectivity index (χ0n) is 7.58. The van der Waals surface area contributed by atoms with Gasteiger partial charge in [-0.25, -0.2) is 8.78 Å². The molecule has 1 rings (SSSR count). The Bertz CT molecular complexity index is 395. The Morgan fingerprint density at radius 2 is 2.07 bits per heavy atom. The molecule has 0 fully saturated rings. The number of halogens is 2. The van der Waals surface area contributed by atoms with Crippen LogP contribution in [0.3, 0.4) is 0 Å². The third kappa shape index (κ3) is 2.04. The number of aromatic hydroxyl groups is 1. The number of phenolic OH excluding ortho intramolecular Hbond substituents is 1. The summed E-state index contributed by atoms with van der Waals surface area (Å²) < 4.78 is 25.9. The SMILES string of the molecule is NCC(C(=O)O)c1ccc(F)c(O)c1F. The number of hydrogen-bond donors (Lipinski definition) is 3. The zero-order chi connectivity index (χ0) is 11.6. The summed E-state index contributed by atoms with van der Waals surface area (Å²) in [4.78, 5) is 10.7. The number of rotatable bonds is 3. The van der Waals surface area contributed by atoms with E-state index >= 15 is 0 Å². The van der Waals surface area contributed by atoms with Gasteiger partial charge in [0, 0.05) is 12.1 Å². The minimum Gasteiger partial charge on any atom is -0.503 e. The van der Waals surface area contributed by atoms with Crippen molar-refractivity contribution in [2.45, 2.75) is 5.92 Å². The molecule has 0 aliphatic heterocycles. The molecule has 0 aliphatic rings. The minimum atomic E-state index is -1.33. The van der Waals surface area contributed by atoms with E-state index in [1.54, 1.807) is 0 Å². The number of carboxylic acids is 1. The van der Waals surface area contributed by atoms with Crippen molar-refractivity contribution < 1.29 is 23.8 Å². The van der Waals surface area contributed by atoms with Crippen molar-refractivity contribution in [1.29, 1.82) is 0 Å². The molecule has 0 saturated heterocycles. The molecule has 0 spiro atoms. The molecule has 15 heavy (non-hydrogen) atoms. The monoisotopic (exact) mass is 217 g/mol. The largest absolute Gasteiger partial charge is 0.503 e. The van der Waals surface area contributed by atoms with Gasteiger partial charge in [0.05, 0.1) is 5.92 Å². The van der Waals surface area contributed by atoms with E-state index in [4.69, 9.17) is 15.9 Å². The summed E-state index contributed by atoms with van der Waals surface area (Å²) in [5.41, 5.74) is 4.81. The number of aliphatic carboxylic acids is 1. The molecule has 1 aromatic carbocycles. The smallest absolute Gasteiger partial charge is 0.312 e. The van der Waals surface area contributed by atoms with E-state index in [1.807, 2.05) is 0 Å². The Morgan fingerprint density at radius 1 is 1.47 bits per heavy atom. The molecule has 6 heteroatoms. The van der Waals surface area contributed by atoms with Gasteiger partial charge in [0.1, 0.15) is 0 Å². The molecule has 0 bridgehead atoms. The van der Waals surface area contributed by atoms with Gasteiger partial charge < -0.3 is 15.9 Å². The van der Waals surface area contributed by atoms with Crippen molar-refractivity contribution >= 4 is 5.97 Å². The number of benzene rings is 1. The summed E-state index contributed by atoms with van der Waals surface area (Å²) in [5.74, 6) is -6.24. The van der Waals surface area contributed by atoms with E-state index in [0.717, 1.165) is 12.1 Å². The quantitative estimate of drug-likeness (QED) is 0.699. The highest BCUT2D eigenvalue weighted by Gasteiger charge is 2.24. The van der Waals surface area contributed by atoms with E-state index in [9.17, 15) is 13.6 Å². The number of carboxylic acid groups (broad SMARTS) is 1. The molecule has 0 amide bonds. The summed E-state index contributed by atoms with van der Waals surface area (Å²) in [6.07, 6.45) is 0. The lowest BCUT2D eigenvalue weighted by Crippen LogP contribution is -2.22. The maximum atomic E-state index is 13.3. The highest BCUT2D eigenvalue weighted by Crippen LogP contribution is 2.27. The molecule has 0 aliphatic carbocycles. The summed E-state index contributed by atoms with van der Waals surface area (Å²) in [6.45, 7) is -0.336. The fourth-order valence-corrected chi connectivity index (χ4v) is 1.19. The molecule has 4 N–H and O–H groups in total. The van der Waals surface area contributed by atoms with Gasteiger partial charge in [-0.1, -0.05) is 6.07 Å². The van der Waals surface area contributed by atoms with Gasteiger partial charge in [-0.15, -0.1) is 0 Å². The molecule has 1 atom stereocenters. The Hall–Kier alpha value is -1.69. The molecule has 82 valence electrons. The highest BCUT2D eigenvalue weighted by molar-refractivity contribution is 5.76. The molecule has 1 unspecified atom stereocenters. The molecule has 0 saturated carbocycles. The van der Waals surface area contributed by atoms with Crippen LogP contribution in [0.5, 0.6) is 5.75 Å². The predicted molar refractivity (Wildman–Crippen MR) is 47.5 cm³/mol. The summed E-state index contributed by atoms with van der Waals surface area (Å²) >= 11 is 0. The van der Waals surface area contributed by atoms with Gasteiger partial charge in [-0.3, -0.25) is 4.79 Å². The van der Waals surface area contributed by atoms with Crippen LogP contribution in [0.25, 0.3) is 0 Å². The van der Waals surface area contributed by atoms with Gasteiger partial charge in [-0.05, 0) is 6.07 Å². The second kappa shape index (κ2) is 4.22. The van der Waals surface area contributed by atoms with Crippen molar-refractivity contribution in [3.05, 3.63) is 29.3 Å². The third-order valence-corrected chi connectivity index (χ3v) is 2.01. The highest BCUT2D eigenvalue weighted by atomic mass is 19.1. The second-order valence-electron chi connectivity index (χ2n) is 2.93. The van der Waals surface area contributed by atoms with E-state index in [0.29, 0.717) is 0 Å². The van der Waals surface area contributed by atoms with Crippen molar-refractivity contribution in [3.63, 3.8) is 0 Å². The molecular formula is C9H9F2NO3. The van der Waals surface area contributed by atoms with Crippen molar-refractivity contribution in [3.8, 4) is 5.75 Å². The summed E-state index contributed by atoms with van der Waals surface area (Å²) in [7, 11) is 0. The first-order valence-corrected chi connectivity index (χ1v) is 4.08. The minimum absolute atomic E-state index is 0.330. The lowest BCUT2D eigenvalue weighted by Gasteiger charge is -2.11. The predicted octanol–water partition coefficient (Wildman–Crippen LogP) is 0.797. The molecule has 0 heterocycles. The first-order valence-electron chi connectivity index (χ1n) is 4.08. The maximum Gasteiger partial charge on any atom is 0.312 e. The Kier molecular flexibility index (Phi) is 3.21. The fraction of sp³-hybridized carbons (Fsp3) is 0.222. The maximum absolute atomic E-state index is 13.3. The van der Waals surface area contributed by atoms with E-state index in [2.05, 4.69) is 0 Å². The van der Waals surface area contributed by atoms with Crippen LogP contribution in [-0.4, -0.2) is 22.7 Å². The summed E-state index contributed by atoms with van der Waals surface area (Å²) in [5, 5.41) is 17.6. The molecule has 0 aromatic heterocycles. The second-order valence-corrected chi connectivity index (χ2v) is 2.93. The number of phenols is 1. The first-order chi connectivity index (χ1) is 6.99. The lowest BCUT2D eigenvalue weighted by atomic mass is 9.98. The van der Waals surface area contributed by atoms with Gasteiger partial charge >= 0.3 is 5.97 Å². The van der Waals surface area contributed by atoms with Crippen LogP contribution in [0.1, 0.15) is 11.5 Å². The molecule has 0 radical (unpaired) electrons. The van der Waals surface area contributed by atoms with Gasteiger partial charge in [0.15, 0.2) is 17.4 Å². The van der Waals surface area contributed by atoms with E-state index in [1.165, 1.54) is 0 Å². The van der Waals surface area contributed by atoms with Crippen LogP contribution in [0.2, 0.25) is 0 Å². The number of nitrogens with two attached hydrogens (primary N) is 1. The molecule has 4 nitrogen and oxygen atoms in total. The third-order valence-electron chi connectivity index (χ3n) is 2.01. The van der Waals surface area contributed by atoms with Crippen LogP contribution in [-0.2, 0) is 4.79 Å². The van der Waals surface area contributed by atoms with E-state index in [-0.39, 0.29) is 12.1 Å². The summed E-state index contributed by atoms with van der Waals surface area (Å²) in [6, 6.07) is 1.75. The Morgan fingerprint density at radius 3 is 2.53 bits per heavy atom. The molecule has 1 aromatic rings. The normalized spacial score (nSPS) is 12.5. The van der Waals surface area contributed by atoms with Crippen LogP contribution in [0.15, 0.2) is 12.1 Å². The van der Waals surface area contributed by atoms with Crippen LogP contribution < -0.4 is 5.73 Å². The fourth-order valence-electron chi connectivity index (χ4n) is 1.19. The number of carbonyl (C=O) groups is 1. The zero-order valence-corrected chi connectivity index (χ0v) is 7.58. The molecular weight excluding hydrogens is 208 g/mol. The average Bonchev–Trinajstić information content (AvgIpc) is 2.18. The Balaban J connectivity index is 3.25. The Labute approximate surface area is 83.9 Å². The van der Waals surface area contributed by atoms with Crippen molar-refractivity contribution in [2.75, 3.05) is 6.54 Å². The topological polar surface area (TPSA) is 83.6 Å². The van der Waals surface area contributed by atoms with Crippen LogP contribution in [0.4, 0.5) is 8.78 Å². The first kappa shape index (κ1) is 11.4. The van der Waals surface area contributed by atoms with Gasteiger partial charge in [0.25, 0.3) is 0 Å². The van der Waals surface area contributed by atoms with Crippen molar-refractivity contribution in [1.82, 2.24) is 0 Å². The van der Waals surface area contributed by atoms with Gasteiger partial charge in [0.2, 0.25) is 0 Å². The lowest BCUT2D eigenvalue weighted by molar-refractivity contribution is -0.138. The van der Waals surface area contributed by atoms with Gasteiger partial charge in [-0.2, -0.15) is 0 Å².